The molecule has 0 unspecified atom stereocenters. The fourth-order valence-electron chi connectivity index (χ4n) is 17.6. The van der Waals surface area contributed by atoms with Crippen LogP contribution in [-0.4, -0.2) is 59.6 Å². The van der Waals surface area contributed by atoms with Crippen molar-refractivity contribution in [2.75, 3.05) is 14.2 Å². The zero-order valence-electron chi connectivity index (χ0n) is 59.3. The number of benzene rings is 10. The van der Waals surface area contributed by atoms with E-state index in [1.807, 2.05) is 67.5 Å². The summed E-state index contributed by atoms with van der Waals surface area (Å²) < 4.78 is 11.1. The molecule has 0 aliphatic heterocycles. The Morgan fingerprint density at radius 3 is 1.27 bits per heavy atom. The van der Waals surface area contributed by atoms with Gasteiger partial charge in [0.1, 0.15) is 34.5 Å². The third-order valence-electron chi connectivity index (χ3n) is 22.5. The van der Waals surface area contributed by atoms with Gasteiger partial charge in [-0.3, -0.25) is 0 Å². The Bertz CT molecular complexity index is 6000. The number of aromatic hydroxyl groups is 4. The van der Waals surface area contributed by atoms with Gasteiger partial charge in [0.15, 0.2) is 0 Å². The van der Waals surface area contributed by atoms with Gasteiger partial charge in [-0.1, -0.05) is 97.1 Å². The molecule has 11 nitrogen and oxygen atoms in total. The van der Waals surface area contributed by atoms with Crippen molar-refractivity contribution in [1.29, 1.82) is 0 Å². The number of methoxy groups -OCH3 is 2. The smallest absolute Gasteiger partial charge is 0.126 e. The second-order valence-corrected chi connectivity index (χ2v) is 28.4. The van der Waals surface area contributed by atoms with Crippen LogP contribution in [0.25, 0.3) is 111 Å². The maximum atomic E-state index is 10.3. The first-order chi connectivity index (χ1) is 48.1. The van der Waals surface area contributed by atoms with Crippen LogP contribution in [0.4, 0.5) is 0 Å². The zero-order valence-corrected chi connectivity index (χ0v) is 59.3. The Morgan fingerprint density at radius 1 is 0.290 bits per heavy atom. The molecule has 11 heteroatoms. The van der Waals surface area contributed by atoms with Crippen LogP contribution in [0.15, 0.2) is 133 Å². The van der Waals surface area contributed by atoms with Crippen molar-refractivity contribution >= 4 is 54.5 Å². The van der Waals surface area contributed by atoms with Crippen molar-refractivity contribution < 1.29 is 29.9 Å². The lowest BCUT2D eigenvalue weighted by Gasteiger charge is -2.13. The first kappa shape index (κ1) is 63.4. The summed E-state index contributed by atoms with van der Waals surface area (Å²) in [5.41, 5.74) is 44.1. The number of H-pyrrole nitrogens is 5. The van der Waals surface area contributed by atoms with Gasteiger partial charge in [0.25, 0.3) is 0 Å². The molecule has 0 atom stereocenters. The monoisotopic (exact) mass is 1320 g/mol. The highest BCUT2D eigenvalue weighted by atomic mass is 16.5. The molecule has 9 N–H and O–H groups in total. The number of aryl methyl sites for hydroxylation is 9. The van der Waals surface area contributed by atoms with Crippen LogP contribution >= 0.6 is 0 Å². The number of hydrogen-bond acceptors (Lipinski definition) is 6. The molecule has 0 spiro atoms. The summed E-state index contributed by atoms with van der Waals surface area (Å²) in [7, 11) is 3.50. The second-order valence-electron chi connectivity index (χ2n) is 28.4. The second kappa shape index (κ2) is 23.7. The van der Waals surface area contributed by atoms with Crippen LogP contribution in [0.2, 0.25) is 0 Å². The van der Waals surface area contributed by atoms with Gasteiger partial charge in [-0.15, -0.1) is 0 Å². The highest BCUT2D eigenvalue weighted by Gasteiger charge is 2.32. The Kier molecular flexibility index (Phi) is 15.0. The van der Waals surface area contributed by atoms with Crippen molar-refractivity contribution in [1.82, 2.24) is 24.9 Å². The number of nitrogens with one attached hydrogen (secondary N) is 5. The maximum absolute atomic E-state index is 10.3. The number of rotatable bonds is 2. The maximum Gasteiger partial charge on any atom is 0.126 e. The molecule has 20 rings (SSSR count). The van der Waals surface area contributed by atoms with E-state index in [0.29, 0.717) is 23.0 Å². The van der Waals surface area contributed by atoms with Crippen molar-refractivity contribution in [3.63, 3.8) is 0 Å². The first-order valence-corrected chi connectivity index (χ1v) is 34.7. The van der Waals surface area contributed by atoms with Crippen LogP contribution in [0.1, 0.15) is 122 Å². The highest BCUT2D eigenvalue weighted by molar-refractivity contribution is 6.02. The molecule has 0 saturated carbocycles. The van der Waals surface area contributed by atoms with Crippen LogP contribution in [0.5, 0.6) is 34.5 Å². The van der Waals surface area contributed by atoms with Gasteiger partial charge in [-0.05, 0) is 214 Å². The predicted molar refractivity (Wildman–Crippen MR) is 409 cm³/mol. The fraction of sp³-hybridized carbons (Fsp3) is 0.213. The molecule has 0 amide bonds. The lowest BCUT2D eigenvalue weighted by atomic mass is 9.98. The van der Waals surface area contributed by atoms with Gasteiger partial charge >= 0.3 is 0 Å². The summed E-state index contributed by atoms with van der Waals surface area (Å²) in [6, 6.07) is 46.9. The molecule has 5 aromatic heterocycles. The zero-order chi connectivity index (χ0) is 69.8. The molecule has 500 valence electrons. The third kappa shape index (κ3) is 9.66. The van der Waals surface area contributed by atoms with Crippen molar-refractivity contribution in [2.45, 2.75) is 115 Å². The average Bonchev–Trinajstić information content (AvgIpc) is 1.61. The van der Waals surface area contributed by atoms with E-state index in [-0.39, 0.29) is 0 Å². The van der Waals surface area contributed by atoms with Crippen LogP contribution in [0.3, 0.4) is 0 Å². The Morgan fingerprint density at radius 2 is 0.690 bits per heavy atom. The Labute approximate surface area is 582 Å². The van der Waals surface area contributed by atoms with Crippen LogP contribution < -0.4 is 9.47 Å². The van der Waals surface area contributed by atoms with E-state index in [1.165, 1.54) is 167 Å². The SMILES string of the molecule is COc1c(C)cc2c(c1C)-c1[nH]c3ccccc3c1C2.COc1c(C)cc2c3c([nH]c2c1C)-c1ccccc1C3.Cc1cc2c(c(C)c1O)-c1[nH]c3ccccc3c1C2.Cc1cc2c(c(C)c1O)Cc1c-2[nH]c2cc(C)c(O)c(C)c12.Cc1cc2c3c([nH]c2c(C)c1O)-c1ccccc1C3. The van der Waals surface area contributed by atoms with E-state index < -0.39 is 0 Å². The molecule has 0 bridgehead atoms. The van der Waals surface area contributed by atoms with E-state index in [9.17, 15) is 20.4 Å². The highest BCUT2D eigenvalue weighted by Crippen LogP contribution is 2.51. The number of ether oxygens (including phenoxy) is 2. The largest absolute Gasteiger partial charge is 0.507 e. The first-order valence-electron chi connectivity index (χ1n) is 34.7. The number of aromatic amines is 5. The van der Waals surface area contributed by atoms with Crippen LogP contribution in [0, 0.1) is 83.1 Å². The van der Waals surface area contributed by atoms with Gasteiger partial charge in [0.2, 0.25) is 0 Å². The summed E-state index contributed by atoms with van der Waals surface area (Å²) in [5, 5.41) is 47.0. The van der Waals surface area contributed by atoms with Crippen molar-refractivity contribution in [2.24, 2.45) is 0 Å². The molecule has 5 aliphatic rings. The molecule has 0 radical (unpaired) electrons. The van der Waals surface area contributed by atoms with E-state index in [2.05, 4.69) is 174 Å². The summed E-state index contributed by atoms with van der Waals surface area (Å²) in [6.07, 6.45) is 4.77. The summed E-state index contributed by atoms with van der Waals surface area (Å²) in [6.45, 7) is 24.2. The van der Waals surface area contributed by atoms with Gasteiger partial charge in [-0.25, -0.2) is 0 Å². The predicted octanol–water partition coefficient (Wildman–Crippen LogP) is 21.2. The van der Waals surface area contributed by atoms with E-state index in [4.69, 9.17) is 9.47 Å². The molecular formula is C89H83N5O6. The number of aromatic nitrogens is 5. The topological polar surface area (TPSA) is 178 Å². The number of phenolic OH excluding ortho intramolecular Hbond substituents is 4. The average molecular weight is 1320 g/mol. The summed E-state index contributed by atoms with van der Waals surface area (Å²) in [4.78, 5) is 17.8. The lowest BCUT2D eigenvalue weighted by molar-refractivity contribution is 0.408. The standard InChI is InChI=1S/C19H19NO2.2C18H17NO.2C17H15NO/c1-8-5-13-12(10(3)18(8)21)7-14-16-11(4)19(22)9(2)6-15(16)20-17(13)14;1-10-8-12-9-14-13-6-4-5-7-15(13)19-17(14)16(12)11(2)18(10)20-3;1-10-8-14-15-9-12-6-4-5-7-13(12)17(15)19-16(14)11(2)18(10)20-3;1-9-7-11-8-13-12-5-3-4-6-14(12)18-16(13)15(11)10(2)17(9)19;1-9-7-13-14-8-11-5-3-4-6-12(11)16(14)18-15(13)10(2)17(9)19/h5-6,20-22H,7H2,1-4H3;2*4-8,19H,9H2,1-3H3;2*3-7,18-19H,8H2,1-2H3. The molecule has 5 aliphatic carbocycles. The minimum absolute atomic E-state index is 0.376. The van der Waals surface area contributed by atoms with Gasteiger partial charge in [0.05, 0.1) is 53.7 Å². The molecule has 0 saturated heterocycles. The molecule has 100 heavy (non-hydrogen) atoms. The van der Waals surface area contributed by atoms with E-state index >= 15 is 0 Å². The van der Waals surface area contributed by atoms with Gasteiger partial charge in [0, 0.05) is 131 Å². The number of phenols is 4. The van der Waals surface area contributed by atoms with Gasteiger partial charge < -0.3 is 54.8 Å². The molecule has 5 heterocycles. The van der Waals surface area contributed by atoms with E-state index in [0.717, 1.165) is 110 Å². The number of para-hydroxylation sites is 2. The van der Waals surface area contributed by atoms with E-state index in [1.54, 1.807) is 14.2 Å². The van der Waals surface area contributed by atoms with Crippen molar-refractivity contribution in [3.8, 4) is 90.8 Å². The molecule has 10 aromatic carbocycles. The van der Waals surface area contributed by atoms with Crippen molar-refractivity contribution in [3.05, 3.63) is 256 Å². The minimum atomic E-state index is 0.376. The Hall–Kier alpha value is -11.3. The quantitative estimate of drug-likeness (QED) is 0.0832. The molecular weight excluding hydrogens is 1240 g/mol. The third-order valence-corrected chi connectivity index (χ3v) is 22.5. The summed E-state index contributed by atoms with van der Waals surface area (Å²) in [5.74, 6) is 3.59. The number of fused-ring (bicyclic) bond motifs is 25. The summed E-state index contributed by atoms with van der Waals surface area (Å²) >= 11 is 0. The number of hydrogen-bond donors (Lipinski definition) is 9. The lowest BCUT2D eigenvalue weighted by Crippen LogP contribution is -1.95. The fourth-order valence-corrected chi connectivity index (χ4v) is 17.6. The minimum Gasteiger partial charge on any atom is -0.507 e. The van der Waals surface area contributed by atoms with Gasteiger partial charge in [-0.2, -0.15) is 0 Å². The Balaban J connectivity index is 0.0000000973. The normalized spacial score (nSPS) is 12.7. The van der Waals surface area contributed by atoms with Crippen LogP contribution in [-0.2, 0) is 32.1 Å². The molecule has 15 aromatic rings. The molecule has 0 fully saturated rings.